The van der Waals surface area contributed by atoms with Gasteiger partial charge >= 0.3 is 6.18 Å². The number of ether oxygens (including phenoxy) is 2. The maximum Gasteiger partial charge on any atom is 0.411 e. The summed E-state index contributed by atoms with van der Waals surface area (Å²) in [4.78, 5) is 0. The van der Waals surface area contributed by atoms with E-state index in [1.165, 1.54) is 19.2 Å². The molecule has 0 saturated carbocycles. The molecular formula is C11H10F3NO2. The third kappa shape index (κ3) is 4.33. The largest absolute Gasteiger partial charge is 0.495 e. The fourth-order valence-electron chi connectivity index (χ4n) is 1.22. The molecule has 0 aliphatic heterocycles. The van der Waals surface area contributed by atoms with Crippen molar-refractivity contribution >= 4 is 0 Å². The van der Waals surface area contributed by atoms with Crippen molar-refractivity contribution in [3.05, 3.63) is 29.3 Å². The molecule has 0 atom stereocenters. The van der Waals surface area contributed by atoms with Crippen LogP contribution in [-0.4, -0.2) is 19.9 Å². The van der Waals surface area contributed by atoms with Gasteiger partial charge in [0.1, 0.15) is 18.4 Å². The average molecular weight is 245 g/mol. The Morgan fingerprint density at radius 3 is 2.59 bits per heavy atom. The van der Waals surface area contributed by atoms with Gasteiger partial charge in [-0.05, 0) is 17.7 Å². The normalized spacial score (nSPS) is 11.0. The first kappa shape index (κ1) is 13.3. The van der Waals surface area contributed by atoms with Crippen molar-refractivity contribution in [3.63, 3.8) is 0 Å². The molecule has 0 saturated heterocycles. The molecule has 92 valence electrons. The molecule has 0 N–H and O–H groups in total. The molecule has 0 unspecified atom stereocenters. The van der Waals surface area contributed by atoms with Gasteiger partial charge in [0.25, 0.3) is 0 Å². The zero-order chi connectivity index (χ0) is 12.9. The number of hydrogen-bond donors (Lipinski definition) is 0. The van der Waals surface area contributed by atoms with Crippen molar-refractivity contribution in [3.8, 4) is 11.8 Å². The topological polar surface area (TPSA) is 42.2 Å². The summed E-state index contributed by atoms with van der Waals surface area (Å²) >= 11 is 0. The Balaban J connectivity index is 2.65. The number of halogens is 3. The minimum absolute atomic E-state index is 0.196. The number of benzene rings is 1. The lowest BCUT2D eigenvalue weighted by molar-refractivity contribution is -0.176. The van der Waals surface area contributed by atoms with E-state index in [1.54, 1.807) is 6.07 Å². The minimum atomic E-state index is -4.34. The van der Waals surface area contributed by atoms with Gasteiger partial charge in [0.05, 0.1) is 19.3 Å². The minimum Gasteiger partial charge on any atom is -0.495 e. The van der Waals surface area contributed by atoms with Crippen LogP contribution in [0, 0.1) is 11.3 Å². The van der Waals surface area contributed by atoms with E-state index in [1.807, 2.05) is 6.07 Å². The van der Waals surface area contributed by atoms with E-state index in [9.17, 15) is 13.2 Å². The summed E-state index contributed by atoms with van der Waals surface area (Å²) in [5, 5.41) is 8.78. The van der Waals surface area contributed by atoms with Crippen LogP contribution >= 0.6 is 0 Å². The van der Waals surface area contributed by atoms with Crippen LogP contribution in [-0.2, 0) is 11.3 Å². The quantitative estimate of drug-likeness (QED) is 0.818. The Bertz CT molecular complexity index is 424. The summed E-state index contributed by atoms with van der Waals surface area (Å²) in [6, 6.07) is 6.40. The summed E-state index contributed by atoms with van der Waals surface area (Å²) in [6.45, 7) is -1.50. The average Bonchev–Trinajstić information content (AvgIpc) is 2.27. The highest BCUT2D eigenvalue weighted by molar-refractivity contribution is 5.45. The van der Waals surface area contributed by atoms with Crippen LogP contribution in [0.4, 0.5) is 13.2 Å². The smallest absolute Gasteiger partial charge is 0.411 e. The predicted octanol–water partition coefficient (Wildman–Crippen LogP) is 2.65. The number of nitriles is 1. The molecule has 17 heavy (non-hydrogen) atoms. The Labute approximate surface area is 96.4 Å². The van der Waals surface area contributed by atoms with E-state index in [2.05, 4.69) is 4.74 Å². The van der Waals surface area contributed by atoms with Gasteiger partial charge < -0.3 is 9.47 Å². The molecule has 0 bridgehead atoms. The predicted molar refractivity (Wildman–Crippen MR) is 53.4 cm³/mol. The molecule has 0 aromatic heterocycles. The van der Waals surface area contributed by atoms with Crippen molar-refractivity contribution in [2.45, 2.75) is 12.8 Å². The van der Waals surface area contributed by atoms with E-state index in [0.717, 1.165) is 0 Å². The third-order valence-corrected chi connectivity index (χ3v) is 1.92. The number of alkyl halides is 3. The van der Waals surface area contributed by atoms with E-state index in [-0.39, 0.29) is 12.2 Å². The summed E-state index contributed by atoms with van der Waals surface area (Å²) in [5.41, 5.74) is 0.757. The van der Waals surface area contributed by atoms with Crippen LogP contribution < -0.4 is 4.74 Å². The van der Waals surface area contributed by atoms with Crippen LogP contribution in [0.25, 0.3) is 0 Å². The van der Waals surface area contributed by atoms with Crippen LogP contribution in [0.5, 0.6) is 5.75 Å². The molecule has 0 amide bonds. The van der Waals surface area contributed by atoms with Crippen molar-refractivity contribution in [2.24, 2.45) is 0 Å². The molecule has 1 aromatic carbocycles. The number of nitrogens with zero attached hydrogens (tertiary/aromatic N) is 1. The monoisotopic (exact) mass is 245 g/mol. The molecule has 0 fully saturated rings. The van der Waals surface area contributed by atoms with Gasteiger partial charge in [-0.3, -0.25) is 0 Å². The lowest BCUT2D eigenvalue weighted by Gasteiger charge is -2.09. The van der Waals surface area contributed by atoms with E-state index in [0.29, 0.717) is 11.3 Å². The highest BCUT2D eigenvalue weighted by Crippen LogP contribution is 2.20. The summed E-state index contributed by atoms with van der Waals surface area (Å²) < 4.78 is 44.9. The van der Waals surface area contributed by atoms with Gasteiger partial charge in [0.2, 0.25) is 0 Å². The van der Waals surface area contributed by atoms with Gasteiger partial charge in [0, 0.05) is 0 Å². The summed E-state index contributed by atoms with van der Waals surface area (Å²) in [5.74, 6) is 0.382. The van der Waals surface area contributed by atoms with Crippen molar-refractivity contribution in [1.82, 2.24) is 0 Å². The molecule has 0 aliphatic rings. The molecule has 0 aliphatic carbocycles. The van der Waals surface area contributed by atoms with Gasteiger partial charge in [-0.25, -0.2) is 0 Å². The Morgan fingerprint density at radius 2 is 2.06 bits per heavy atom. The second-order valence-corrected chi connectivity index (χ2v) is 3.25. The zero-order valence-corrected chi connectivity index (χ0v) is 9.04. The molecule has 1 rings (SSSR count). The first-order valence-corrected chi connectivity index (χ1v) is 4.68. The number of methoxy groups -OCH3 is 1. The molecule has 0 spiro atoms. The highest BCUT2D eigenvalue weighted by atomic mass is 19.4. The van der Waals surface area contributed by atoms with E-state index in [4.69, 9.17) is 10.00 Å². The van der Waals surface area contributed by atoms with Crippen molar-refractivity contribution in [2.75, 3.05) is 13.7 Å². The number of hydrogen-bond acceptors (Lipinski definition) is 3. The highest BCUT2D eigenvalue weighted by Gasteiger charge is 2.27. The SMILES string of the molecule is COc1ccc(COCC(F)(F)F)cc1C#N. The Kier molecular flexibility index (Phi) is 4.35. The summed E-state index contributed by atoms with van der Waals surface area (Å²) in [6.07, 6.45) is -4.34. The first-order valence-electron chi connectivity index (χ1n) is 4.68. The number of rotatable bonds is 4. The van der Waals surface area contributed by atoms with Gasteiger partial charge in [-0.15, -0.1) is 0 Å². The van der Waals surface area contributed by atoms with E-state index >= 15 is 0 Å². The third-order valence-electron chi connectivity index (χ3n) is 1.92. The van der Waals surface area contributed by atoms with Gasteiger partial charge in [0.15, 0.2) is 0 Å². The Hall–Kier alpha value is -1.74. The molecule has 6 heteroatoms. The molecule has 0 radical (unpaired) electrons. The van der Waals surface area contributed by atoms with Crippen LogP contribution in [0.1, 0.15) is 11.1 Å². The van der Waals surface area contributed by atoms with Gasteiger partial charge in [-0.2, -0.15) is 18.4 Å². The van der Waals surface area contributed by atoms with Crippen molar-refractivity contribution in [1.29, 1.82) is 5.26 Å². The first-order chi connectivity index (χ1) is 7.96. The lowest BCUT2D eigenvalue weighted by Crippen LogP contribution is -2.16. The van der Waals surface area contributed by atoms with Crippen molar-refractivity contribution < 1.29 is 22.6 Å². The van der Waals surface area contributed by atoms with Gasteiger partial charge in [-0.1, -0.05) is 6.07 Å². The van der Waals surface area contributed by atoms with E-state index < -0.39 is 12.8 Å². The fraction of sp³-hybridized carbons (Fsp3) is 0.364. The summed E-state index contributed by atoms with van der Waals surface area (Å²) in [7, 11) is 1.41. The lowest BCUT2D eigenvalue weighted by atomic mass is 10.1. The maximum atomic E-state index is 11.8. The van der Waals surface area contributed by atoms with Crippen LogP contribution in [0.3, 0.4) is 0 Å². The van der Waals surface area contributed by atoms with Crippen LogP contribution in [0.2, 0.25) is 0 Å². The maximum absolute atomic E-state index is 11.8. The second kappa shape index (κ2) is 5.55. The fourth-order valence-corrected chi connectivity index (χ4v) is 1.22. The second-order valence-electron chi connectivity index (χ2n) is 3.25. The standard InChI is InChI=1S/C11H10F3NO2/c1-16-10-3-2-8(4-9(10)5-15)6-17-7-11(12,13)14/h2-4H,6-7H2,1H3. The Morgan fingerprint density at radius 1 is 1.35 bits per heavy atom. The molecule has 0 heterocycles. The molecular weight excluding hydrogens is 235 g/mol. The zero-order valence-electron chi connectivity index (χ0n) is 9.04. The molecule has 3 nitrogen and oxygen atoms in total. The molecule has 1 aromatic rings. The van der Waals surface area contributed by atoms with Crippen LogP contribution in [0.15, 0.2) is 18.2 Å².